The molecule has 6 aromatic rings. The molecular formula is C34H28N8Na2O15S5. The number of aromatic nitrogens is 6. The van der Waals surface area contributed by atoms with Crippen LogP contribution in [0.5, 0.6) is 0 Å². The van der Waals surface area contributed by atoms with E-state index in [9.17, 15) is 51.9 Å². The summed E-state index contributed by atoms with van der Waals surface area (Å²) in [6.07, 6.45) is 7.39. The number of hydrogen-bond acceptors (Lipinski definition) is 19. The summed E-state index contributed by atoms with van der Waals surface area (Å²) in [6, 6.07) is 22.2. The summed E-state index contributed by atoms with van der Waals surface area (Å²) in [5.74, 6) is 0.0847. The first kappa shape index (κ1) is 55.8. The standard InChI is InChI=1S/2C17H14N4O6S2.2Na.H2O3S/c2*22-28(23,24)15-7-3-1-5-12(15)9-14(21-17-19-10-18-11-20-17)13-6-2-4-8-16(13)29(25,26)27;;;1-4(2)3/h2*1-11H,(H,22,23,24)(H,25,26,27)(H,18,19,20,21);;;(H2,1,2,3)/q;;2*+1;/p-2. The number of rotatable bonds is 12. The van der Waals surface area contributed by atoms with Gasteiger partial charge in [0.1, 0.15) is 44.9 Å². The van der Waals surface area contributed by atoms with Gasteiger partial charge in [-0.15, -0.1) is 11.4 Å². The molecule has 0 aliphatic rings. The molecule has 23 nitrogen and oxygen atoms in total. The largest absolute Gasteiger partial charge is 1.00 e. The molecule has 0 bridgehead atoms. The van der Waals surface area contributed by atoms with Gasteiger partial charge in [0.15, 0.2) is 0 Å². The Morgan fingerprint density at radius 3 is 1.00 bits per heavy atom. The molecule has 0 unspecified atom stereocenters. The minimum absolute atomic E-state index is 0. The molecule has 64 heavy (non-hydrogen) atoms. The molecule has 0 saturated carbocycles. The molecule has 0 fully saturated rings. The van der Waals surface area contributed by atoms with Crippen LogP contribution >= 0.6 is 0 Å². The molecule has 2 heterocycles. The Kier molecular flexibility index (Phi) is 21.7. The van der Waals surface area contributed by atoms with Gasteiger partial charge in [0, 0.05) is 11.1 Å². The second-order valence-electron chi connectivity index (χ2n) is 11.5. The third-order valence-corrected chi connectivity index (χ3v) is 11.1. The Morgan fingerprint density at radius 1 is 0.469 bits per heavy atom. The van der Waals surface area contributed by atoms with Gasteiger partial charge < -0.3 is 19.7 Å². The van der Waals surface area contributed by atoms with Crippen LogP contribution < -0.4 is 69.7 Å². The van der Waals surface area contributed by atoms with Gasteiger partial charge in [0.05, 0.1) is 11.4 Å². The summed E-state index contributed by atoms with van der Waals surface area (Å²) in [5.41, 5.74) is 0.301. The summed E-state index contributed by atoms with van der Waals surface area (Å²) < 4.78 is 157. The van der Waals surface area contributed by atoms with E-state index in [4.69, 9.17) is 13.3 Å². The van der Waals surface area contributed by atoms with Crippen molar-refractivity contribution in [3.05, 3.63) is 145 Å². The second-order valence-corrected chi connectivity index (χ2v) is 17.4. The van der Waals surface area contributed by atoms with Gasteiger partial charge in [-0.25, -0.2) is 29.9 Å². The van der Waals surface area contributed by atoms with Crippen molar-refractivity contribution in [2.75, 3.05) is 10.6 Å². The first-order valence-electron chi connectivity index (χ1n) is 16.3. The SMILES string of the molecule is O=S(=O)(O)c1ccccc1C=C(Nc1ncncn1)c1ccccc1S(=O)(=O)O.O=S(=O)(O)c1ccccc1C=C(Nc1ncncn1)c1ccccc1S(=O)(=O)O.O=S([O-])[O-].[Na+].[Na+]. The molecule has 0 radical (unpaired) electrons. The fourth-order valence-corrected chi connectivity index (χ4v) is 7.78. The Bertz CT molecular complexity index is 2880. The van der Waals surface area contributed by atoms with E-state index >= 15 is 0 Å². The third-order valence-electron chi connectivity index (χ3n) is 7.38. The van der Waals surface area contributed by atoms with E-state index in [2.05, 4.69) is 40.5 Å². The fraction of sp³-hybridized carbons (Fsp3) is 0. The zero-order valence-corrected chi connectivity index (χ0v) is 40.8. The maximum Gasteiger partial charge on any atom is 1.00 e. The van der Waals surface area contributed by atoms with Gasteiger partial charge in [-0.3, -0.25) is 22.4 Å². The van der Waals surface area contributed by atoms with Crippen molar-refractivity contribution in [2.45, 2.75) is 19.6 Å². The molecule has 6 rings (SSSR count). The molecule has 0 atom stereocenters. The average molecular weight is 995 g/mol. The number of hydrogen-bond donors (Lipinski definition) is 6. The van der Waals surface area contributed by atoms with E-state index in [1.165, 1.54) is 135 Å². The van der Waals surface area contributed by atoms with E-state index < -0.39 is 61.6 Å². The minimum atomic E-state index is -4.60. The van der Waals surface area contributed by atoms with Crippen LogP contribution in [-0.2, 0) is 51.8 Å². The topological polar surface area (TPSA) is 382 Å². The fourth-order valence-electron chi connectivity index (χ4n) is 5.02. The molecule has 0 spiro atoms. The van der Waals surface area contributed by atoms with Crippen LogP contribution in [0.2, 0.25) is 0 Å². The van der Waals surface area contributed by atoms with Gasteiger partial charge in [0.2, 0.25) is 11.9 Å². The number of nitrogens with one attached hydrogen (secondary N) is 2. The summed E-state index contributed by atoms with van der Waals surface area (Å²) in [7, 11) is -18.3. The van der Waals surface area contributed by atoms with E-state index in [0.29, 0.717) is 0 Å². The molecule has 0 aliphatic carbocycles. The Labute approximate surface area is 412 Å². The van der Waals surface area contributed by atoms with Crippen LogP contribution in [0.25, 0.3) is 23.5 Å². The van der Waals surface area contributed by atoms with Crippen LogP contribution in [0.15, 0.2) is 142 Å². The zero-order valence-electron chi connectivity index (χ0n) is 32.7. The van der Waals surface area contributed by atoms with Gasteiger partial charge >= 0.3 is 59.1 Å². The number of benzene rings is 4. The maximum absolute atomic E-state index is 11.8. The van der Waals surface area contributed by atoms with Crippen molar-refractivity contribution in [3.63, 3.8) is 0 Å². The summed E-state index contributed by atoms with van der Waals surface area (Å²) in [6.45, 7) is 0. The van der Waals surface area contributed by atoms with E-state index in [1.54, 1.807) is 0 Å². The quantitative estimate of drug-likeness (QED) is 0.0307. The number of nitrogens with zero attached hydrogens (tertiary/aromatic N) is 6. The van der Waals surface area contributed by atoms with Crippen molar-refractivity contribution >= 4 is 87.3 Å². The Hall–Kier alpha value is -4.31. The average Bonchev–Trinajstić information content (AvgIpc) is 3.20. The Morgan fingerprint density at radius 2 is 0.719 bits per heavy atom. The molecule has 6 N–H and O–H groups in total. The van der Waals surface area contributed by atoms with E-state index in [1.807, 2.05) is 0 Å². The first-order valence-corrected chi connectivity index (χ1v) is 23.1. The molecule has 0 aliphatic heterocycles. The molecule has 2 aromatic heterocycles. The number of anilines is 2. The van der Waals surface area contributed by atoms with Crippen molar-refractivity contribution in [3.8, 4) is 0 Å². The smallest absolute Gasteiger partial charge is 0.784 e. The molecular weight excluding hydrogens is 967 g/mol. The molecule has 4 aromatic carbocycles. The van der Waals surface area contributed by atoms with Crippen molar-refractivity contribution in [1.82, 2.24) is 29.9 Å². The van der Waals surface area contributed by atoms with Crippen molar-refractivity contribution < 1.29 is 124 Å². The molecule has 326 valence electrons. The van der Waals surface area contributed by atoms with Crippen LogP contribution in [0.4, 0.5) is 11.9 Å². The maximum atomic E-state index is 11.8. The summed E-state index contributed by atoms with van der Waals surface area (Å²) in [5, 5.41) is 5.56. The Balaban J connectivity index is 0.000000395. The van der Waals surface area contributed by atoms with E-state index in [0.717, 1.165) is 0 Å². The zero-order chi connectivity index (χ0) is 45.7. The molecule has 0 saturated heterocycles. The van der Waals surface area contributed by atoms with Crippen molar-refractivity contribution in [2.24, 2.45) is 0 Å². The normalized spacial score (nSPS) is 11.9. The predicted octanol–water partition coefficient (Wildman–Crippen LogP) is -3.05. The van der Waals surface area contributed by atoms with Crippen LogP contribution in [0.1, 0.15) is 22.3 Å². The molecule has 0 amide bonds. The van der Waals surface area contributed by atoms with Gasteiger partial charge in [-0.1, -0.05) is 72.8 Å². The van der Waals surface area contributed by atoms with Crippen LogP contribution in [0.3, 0.4) is 0 Å². The first-order chi connectivity index (χ1) is 29.1. The molecule has 30 heteroatoms. The third kappa shape index (κ3) is 17.2. The monoisotopic (exact) mass is 994 g/mol. The van der Waals surface area contributed by atoms with Crippen LogP contribution in [-0.4, -0.2) is 95.1 Å². The second kappa shape index (κ2) is 24.8. The van der Waals surface area contributed by atoms with Gasteiger partial charge in [-0.2, -0.15) is 33.7 Å². The minimum Gasteiger partial charge on any atom is -0.784 e. The van der Waals surface area contributed by atoms with Crippen molar-refractivity contribution in [1.29, 1.82) is 0 Å². The predicted molar refractivity (Wildman–Crippen MR) is 217 cm³/mol. The summed E-state index contributed by atoms with van der Waals surface area (Å²) in [4.78, 5) is 21.3. The summed E-state index contributed by atoms with van der Waals surface area (Å²) >= 11 is -3.11. The van der Waals surface area contributed by atoms with Gasteiger partial charge in [-0.05, 0) is 47.5 Å². The van der Waals surface area contributed by atoms with E-state index in [-0.39, 0.29) is 114 Å². The van der Waals surface area contributed by atoms with Crippen LogP contribution in [0, 0.1) is 0 Å². The van der Waals surface area contributed by atoms with Gasteiger partial charge in [0.25, 0.3) is 40.5 Å².